The van der Waals surface area contributed by atoms with Gasteiger partial charge in [-0.3, -0.25) is 4.79 Å². The van der Waals surface area contributed by atoms with Crippen molar-refractivity contribution in [2.24, 2.45) is 5.92 Å². The summed E-state index contributed by atoms with van der Waals surface area (Å²) in [5, 5.41) is 3.32. The molecule has 0 radical (unpaired) electrons. The first-order valence-electron chi connectivity index (χ1n) is 9.93. The van der Waals surface area contributed by atoms with Gasteiger partial charge in [-0.05, 0) is 61.4 Å². The summed E-state index contributed by atoms with van der Waals surface area (Å²) in [4.78, 5) is 20.5. The largest absolute Gasteiger partial charge is 0.491 e. The average Bonchev–Trinajstić information content (AvgIpc) is 3.32. The number of fused-ring (bicyclic) bond motifs is 1. The van der Waals surface area contributed by atoms with Gasteiger partial charge in [-0.1, -0.05) is 12.1 Å². The Labute approximate surface area is 170 Å². The van der Waals surface area contributed by atoms with E-state index in [1.807, 2.05) is 44.3 Å². The van der Waals surface area contributed by atoms with Crippen molar-refractivity contribution in [3.63, 3.8) is 0 Å². The van der Waals surface area contributed by atoms with Crippen molar-refractivity contribution in [3.8, 4) is 5.75 Å². The molecule has 4 rings (SSSR count). The summed E-state index contributed by atoms with van der Waals surface area (Å²) in [6.07, 6.45) is 4.27. The number of aromatic nitrogens is 1. The van der Waals surface area contributed by atoms with Crippen molar-refractivity contribution < 1.29 is 9.53 Å². The summed E-state index contributed by atoms with van der Waals surface area (Å²) in [5.41, 5.74) is 2.31. The van der Waals surface area contributed by atoms with Gasteiger partial charge >= 0.3 is 0 Å². The van der Waals surface area contributed by atoms with Crippen LogP contribution in [0, 0.1) is 5.92 Å². The molecular weight excluding hydrogens is 368 g/mol. The Hall–Kier alpha value is -2.40. The number of carbonyl (C=O) groups excluding carboxylic acids is 1. The Bertz CT molecular complexity index is 949. The number of ether oxygens (including phenoxy) is 1. The third-order valence-electron chi connectivity index (χ3n) is 5.18. The summed E-state index contributed by atoms with van der Waals surface area (Å²) < 4.78 is 5.67. The van der Waals surface area contributed by atoms with Crippen LogP contribution in [0.2, 0.25) is 0 Å². The number of carbonyl (C=O) groups is 1. The van der Waals surface area contributed by atoms with Crippen molar-refractivity contribution in [1.29, 1.82) is 0 Å². The molecule has 1 atom stereocenters. The van der Waals surface area contributed by atoms with Crippen molar-refractivity contribution >= 4 is 33.0 Å². The Morgan fingerprint density at radius 1 is 1.25 bits per heavy atom. The van der Waals surface area contributed by atoms with Crippen LogP contribution in [0.5, 0.6) is 5.75 Å². The number of hydrogen-bond acceptors (Lipinski definition) is 5. The van der Waals surface area contributed by atoms with E-state index in [0.29, 0.717) is 24.5 Å². The average molecular weight is 395 g/mol. The molecule has 1 aliphatic heterocycles. The lowest BCUT2D eigenvalue weighted by Crippen LogP contribution is -2.21. The van der Waals surface area contributed by atoms with E-state index in [1.54, 1.807) is 11.3 Å². The molecule has 0 N–H and O–H groups in total. The lowest BCUT2D eigenvalue weighted by atomic mass is 9.98. The number of pyridine rings is 1. The van der Waals surface area contributed by atoms with Crippen molar-refractivity contribution in [2.45, 2.75) is 39.2 Å². The molecule has 0 amide bonds. The number of Topliss-reactive ketones (excluding diaryl/α,β-unsaturated/α-hetero) is 1. The number of nitrogens with zero attached hydrogens (tertiary/aromatic N) is 2. The Balaban J connectivity index is 1.33. The molecular formula is C23H26N2O2S. The number of ketones is 1. The molecule has 1 saturated heterocycles. The Morgan fingerprint density at radius 3 is 2.86 bits per heavy atom. The van der Waals surface area contributed by atoms with E-state index in [-0.39, 0.29) is 6.10 Å². The van der Waals surface area contributed by atoms with Gasteiger partial charge in [0.2, 0.25) is 0 Å². The van der Waals surface area contributed by atoms with E-state index in [2.05, 4.69) is 27.4 Å². The Morgan fingerprint density at radius 2 is 2.07 bits per heavy atom. The fourth-order valence-corrected chi connectivity index (χ4v) is 4.69. The van der Waals surface area contributed by atoms with Gasteiger partial charge in [-0.25, -0.2) is 4.98 Å². The first-order valence-corrected chi connectivity index (χ1v) is 10.8. The van der Waals surface area contributed by atoms with E-state index in [9.17, 15) is 4.79 Å². The lowest BCUT2D eigenvalue weighted by Gasteiger charge is -2.19. The maximum Gasteiger partial charge on any atom is 0.137 e. The monoisotopic (exact) mass is 394 g/mol. The van der Waals surface area contributed by atoms with Crippen LogP contribution in [-0.4, -0.2) is 30.0 Å². The van der Waals surface area contributed by atoms with E-state index in [4.69, 9.17) is 4.74 Å². The van der Waals surface area contributed by atoms with Crippen molar-refractivity contribution in [1.82, 2.24) is 4.98 Å². The minimum absolute atomic E-state index is 0.161. The Kier molecular flexibility index (Phi) is 5.62. The molecule has 1 aromatic carbocycles. The highest BCUT2D eigenvalue weighted by Gasteiger charge is 2.26. The van der Waals surface area contributed by atoms with Crippen LogP contribution in [0.3, 0.4) is 0 Å². The molecule has 1 unspecified atom stereocenters. The summed E-state index contributed by atoms with van der Waals surface area (Å²) in [6, 6.07) is 12.2. The third kappa shape index (κ3) is 4.36. The van der Waals surface area contributed by atoms with Crippen LogP contribution in [0.4, 0.5) is 5.69 Å². The molecule has 28 heavy (non-hydrogen) atoms. The van der Waals surface area contributed by atoms with Gasteiger partial charge in [0.25, 0.3) is 0 Å². The van der Waals surface area contributed by atoms with Crippen LogP contribution >= 0.6 is 11.3 Å². The second-order valence-electron chi connectivity index (χ2n) is 7.80. The molecule has 0 aliphatic carbocycles. The number of thiophene rings is 1. The topological polar surface area (TPSA) is 42.4 Å². The molecule has 146 valence electrons. The van der Waals surface area contributed by atoms with E-state index < -0.39 is 0 Å². The summed E-state index contributed by atoms with van der Waals surface area (Å²) >= 11 is 1.68. The van der Waals surface area contributed by atoms with Gasteiger partial charge in [-0.15, -0.1) is 11.3 Å². The SMILES string of the molecule is CC(C)Oc1ccc(CC(=O)CC2CCN(c3ccnc4sccc34)C2)cc1. The predicted molar refractivity (Wildman–Crippen MR) is 115 cm³/mol. The fraction of sp³-hybridized carbons (Fsp3) is 0.391. The maximum atomic E-state index is 12.6. The van der Waals surface area contributed by atoms with Crippen LogP contribution in [-0.2, 0) is 11.2 Å². The van der Waals surface area contributed by atoms with E-state index in [0.717, 1.165) is 35.7 Å². The number of hydrogen-bond donors (Lipinski definition) is 0. The first kappa shape index (κ1) is 18.9. The van der Waals surface area contributed by atoms with Gasteiger partial charge in [0, 0.05) is 43.2 Å². The number of anilines is 1. The number of benzene rings is 1. The normalized spacial score (nSPS) is 16.8. The maximum absolute atomic E-state index is 12.6. The molecule has 1 fully saturated rings. The van der Waals surface area contributed by atoms with Gasteiger partial charge in [0.15, 0.2) is 0 Å². The molecule has 3 heterocycles. The molecule has 4 nitrogen and oxygen atoms in total. The molecule has 0 bridgehead atoms. The van der Waals surface area contributed by atoms with Gasteiger partial charge in [-0.2, -0.15) is 0 Å². The predicted octanol–water partition coefficient (Wildman–Crippen LogP) is 5.11. The smallest absolute Gasteiger partial charge is 0.137 e. The number of rotatable bonds is 7. The summed E-state index contributed by atoms with van der Waals surface area (Å²) in [7, 11) is 0. The van der Waals surface area contributed by atoms with Gasteiger partial charge in [0.05, 0.1) is 6.10 Å². The molecule has 0 saturated carbocycles. The molecule has 3 aromatic rings. The molecule has 2 aromatic heterocycles. The van der Waals surface area contributed by atoms with Crippen LogP contribution < -0.4 is 9.64 Å². The fourth-order valence-electron chi connectivity index (χ4n) is 3.94. The lowest BCUT2D eigenvalue weighted by molar-refractivity contribution is -0.119. The minimum atomic E-state index is 0.161. The van der Waals surface area contributed by atoms with Crippen molar-refractivity contribution in [3.05, 3.63) is 53.5 Å². The third-order valence-corrected chi connectivity index (χ3v) is 6.00. The second-order valence-corrected chi connectivity index (χ2v) is 8.69. The molecule has 0 spiro atoms. The zero-order valence-corrected chi connectivity index (χ0v) is 17.2. The van der Waals surface area contributed by atoms with Gasteiger partial charge in [0.1, 0.15) is 16.4 Å². The minimum Gasteiger partial charge on any atom is -0.491 e. The van der Waals surface area contributed by atoms with Gasteiger partial charge < -0.3 is 9.64 Å². The standard InChI is InChI=1S/C23H26N2O2S/c1-16(2)27-20-5-3-17(4-6-20)13-19(26)14-18-8-11-25(15-18)22-7-10-24-23-21(22)9-12-28-23/h3-7,9-10,12,16,18H,8,11,13-15H2,1-2H3. The zero-order valence-electron chi connectivity index (χ0n) is 16.4. The van der Waals surface area contributed by atoms with Crippen molar-refractivity contribution in [2.75, 3.05) is 18.0 Å². The van der Waals surface area contributed by atoms with E-state index >= 15 is 0 Å². The summed E-state index contributed by atoms with van der Waals surface area (Å²) in [6.45, 7) is 5.98. The highest BCUT2D eigenvalue weighted by molar-refractivity contribution is 7.16. The van der Waals surface area contributed by atoms with E-state index in [1.165, 1.54) is 11.1 Å². The van der Waals surface area contributed by atoms with Crippen LogP contribution in [0.1, 0.15) is 32.3 Å². The highest BCUT2D eigenvalue weighted by atomic mass is 32.1. The quantitative estimate of drug-likeness (QED) is 0.558. The van der Waals surface area contributed by atoms with Crippen LogP contribution in [0.15, 0.2) is 48.0 Å². The first-order chi connectivity index (χ1) is 13.6. The second kappa shape index (κ2) is 8.31. The zero-order chi connectivity index (χ0) is 19.5. The molecule has 5 heteroatoms. The summed E-state index contributed by atoms with van der Waals surface area (Å²) in [5.74, 6) is 1.60. The van der Waals surface area contributed by atoms with Crippen LogP contribution in [0.25, 0.3) is 10.2 Å². The highest BCUT2D eigenvalue weighted by Crippen LogP contribution is 2.33. The molecule has 1 aliphatic rings.